The van der Waals surface area contributed by atoms with Crippen LogP contribution in [0.2, 0.25) is 0 Å². The van der Waals surface area contributed by atoms with E-state index in [1.807, 2.05) is 12.1 Å². The normalized spacial score (nSPS) is 17.3. The number of aromatic nitrogens is 1. The SMILES string of the molecule is N#CC1=CC2c3ccccc3N(c3ccc(-c4cc(-c5ccccc5-n5c6c(c7ccccc75)CCC=C6)ccc4C#N)cc3)C2C=C1. The van der Waals surface area contributed by atoms with Gasteiger partial charge in [0, 0.05) is 45.1 Å². The third-order valence-corrected chi connectivity index (χ3v) is 10.1. The van der Waals surface area contributed by atoms with Crippen molar-refractivity contribution >= 4 is 28.4 Å². The van der Waals surface area contributed by atoms with Gasteiger partial charge >= 0.3 is 0 Å². The monoisotopic (exact) mass is 614 g/mol. The highest BCUT2D eigenvalue weighted by Gasteiger charge is 2.38. The molecule has 4 heteroatoms. The average molecular weight is 615 g/mol. The quantitative estimate of drug-likeness (QED) is 0.199. The van der Waals surface area contributed by atoms with Crippen LogP contribution in [0.5, 0.6) is 0 Å². The van der Waals surface area contributed by atoms with E-state index in [0.29, 0.717) is 11.1 Å². The predicted octanol–water partition coefficient (Wildman–Crippen LogP) is 10.4. The molecule has 9 rings (SSSR count). The van der Waals surface area contributed by atoms with Gasteiger partial charge in [0.05, 0.1) is 34.9 Å². The number of hydrogen-bond acceptors (Lipinski definition) is 3. The van der Waals surface area contributed by atoms with Crippen LogP contribution in [0, 0.1) is 22.7 Å². The maximum atomic E-state index is 10.2. The summed E-state index contributed by atoms with van der Waals surface area (Å²) in [6.45, 7) is 0. The summed E-state index contributed by atoms with van der Waals surface area (Å²) in [5.74, 6) is 0.126. The van der Waals surface area contributed by atoms with E-state index in [4.69, 9.17) is 0 Å². The van der Waals surface area contributed by atoms with Crippen LogP contribution in [-0.2, 0) is 6.42 Å². The summed E-state index contributed by atoms with van der Waals surface area (Å²) < 4.78 is 2.40. The maximum absolute atomic E-state index is 10.2. The Bertz CT molecular complexity index is 2440. The molecule has 0 saturated heterocycles. The van der Waals surface area contributed by atoms with E-state index in [1.54, 1.807) is 0 Å². The third kappa shape index (κ3) is 4.28. The van der Waals surface area contributed by atoms with Crippen LogP contribution in [0.15, 0.2) is 145 Å². The lowest BCUT2D eigenvalue weighted by Crippen LogP contribution is -2.28. The van der Waals surface area contributed by atoms with E-state index in [-0.39, 0.29) is 12.0 Å². The molecule has 0 spiro atoms. The fourth-order valence-corrected chi connectivity index (χ4v) is 7.93. The number of hydrogen-bond donors (Lipinski definition) is 0. The van der Waals surface area contributed by atoms with E-state index in [9.17, 15) is 10.5 Å². The number of anilines is 2. The Morgan fingerprint density at radius 1 is 0.688 bits per heavy atom. The molecule has 0 radical (unpaired) electrons. The molecule has 0 fully saturated rings. The number of benzene rings is 5. The maximum Gasteiger partial charge on any atom is 0.0998 e. The highest BCUT2D eigenvalue weighted by atomic mass is 15.2. The molecule has 1 aliphatic heterocycles. The van der Waals surface area contributed by atoms with Gasteiger partial charge in [-0.05, 0) is 89.7 Å². The summed E-state index contributed by atoms with van der Waals surface area (Å²) in [4.78, 5) is 2.36. The van der Waals surface area contributed by atoms with Gasteiger partial charge in [0.25, 0.3) is 0 Å². The van der Waals surface area contributed by atoms with Gasteiger partial charge in [-0.25, -0.2) is 0 Å². The topological polar surface area (TPSA) is 55.8 Å². The van der Waals surface area contributed by atoms with Gasteiger partial charge in [-0.2, -0.15) is 10.5 Å². The van der Waals surface area contributed by atoms with E-state index in [1.165, 1.54) is 27.7 Å². The lowest BCUT2D eigenvalue weighted by atomic mass is 9.89. The fraction of sp³-hybridized carbons (Fsp3) is 0.0909. The molecule has 0 bridgehead atoms. The van der Waals surface area contributed by atoms with Crippen LogP contribution in [0.25, 0.3) is 44.9 Å². The van der Waals surface area contributed by atoms with Crippen molar-refractivity contribution in [1.29, 1.82) is 10.5 Å². The molecular formula is C44H30N4. The summed E-state index contributed by atoms with van der Waals surface area (Å²) in [5.41, 5.74) is 13.9. The highest BCUT2D eigenvalue weighted by molar-refractivity contribution is 5.93. The van der Waals surface area contributed by atoms with Crippen molar-refractivity contribution in [2.45, 2.75) is 24.8 Å². The first kappa shape index (κ1) is 27.9. The number of nitriles is 2. The second kappa shape index (κ2) is 11.2. The van der Waals surface area contributed by atoms with Crippen molar-refractivity contribution in [1.82, 2.24) is 4.57 Å². The summed E-state index contributed by atoms with van der Waals surface area (Å²) in [6.07, 6.45) is 12.8. The largest absolute Gasteiger partial charge is 0.333 e. The smallest absolute Gasteiger partial charge is 0.0998 e. The van der Waals surface area contributed by atoms with Gasteiger partial charge in [-0.1, -0.05) is 91.0 Å². The Hall–Kier alpha value is -6.36. The summed E-state index contributed by atoms with van der Waals surface area (Å²) >= 11 is 0. The van der Waals surface area contributed by atoms with Crippen molar-refractivity contribution in [2.24, 2.45) is 0 Å². The first-order chi connectivity index (χ1) is 23.7. The number of allylic oxidation sites excluding steroid dienone is 3. The number of aryl methyl sites for hydroxylation is 1. The van der Waals surface area contributed by atoms with Crippen molar-refractivity contribution < 1.29 is 0 Å². The number of nitrogens with zero attached hydrogens (tertiary/aromatic N) is 4. The van der Waals surface area contributed by atoms with Gasteiger partial charge in [0.15, 0.2) is 0 Å². The molecule has 1 aromatic heterocycles. The molecule has 5 aromatic carbocycles. The first-order valence-electron chi connectivity index (χ1n) is 16.4. The van der Waals surface area contributed by atoms with E-state index < -0.39 is 0 Å². The Balaban J connectivity index is 1.13. The van der Waals surface area contributed by atoms with Crippen LogP contribution >= 0.6 is 0 Å². The molecule has 0 N–H and O–H groups in total. The van der Waals surface area contributed by atoms with Crippen LogP contribution < -0.4 is 4.90 Å². The third-order valence-electron chi connectivity index (χ3n) is 10.1. The highest BCUT2D eigenvalue weighted by Crippen LogP contribution is 2.48. The Morgan fingerprint density at radius 2 is 1.46 bits per heavy atom. The lowest BCUT2D eigenvalue weighted by Gasteiger charge is -2.29. The van der Waals surface area contributed by atoms with Gasteiger partial charge in [-0.3, -0.25) is 0 Å². The second-order valence-electron chi connectivity index (χ2n) is 12.6. The first-order valence-corrected chi connectivity index (χ1v) is 16.4. The van der Waals surface area contributed by atoms with Gasteiger partial charge in [0.1, 0.15) is 0 Å². The summed E-state index contributed by atoms with van der Waals surface area (Å²) in [7, 11) is 0. The molecule has 0 saturated carbocycles. The zero-order valence-electron chi connectivity index (χ0n) is 26.2. The van der Waals surface area contributed by atoms with E-state index in [0.717, 1.165) is 52.2 Å². The van der Waals surface area contributed by atoms with Crippen molar-refractivity contribution in [3.8, 4) is 40.1 Å². The Morgan fingerprint density at radius 3 is 2.31 bits per heavy atom. The number of fused-ring (bicyclic) bond motifs is 6. The van der Waals surface area contributed by atoms with Crippen LogP contribution in [0.4, 0.5) is 11.4 Å². The standard InChI is InChI=1S/C44H30N4/c45-27-29-17-24-44-39(25-29)37-12-4-6-14-41(37)47(44)33-22-20-30(21-23-33)38-26-31(18-19-32(38)28-46)34-9-1-5-13-40(34)48-42-15-7-2-10-35(42)36-11-3-8-16-43(36)48/h1-2,4-10,12-26,39,44H,3,11H2. The molecular weight excluding hydrogens is 585 g/mol. The fourth-order valence-electron chi connectivity index (χ4n) is 7.93. The van der Waals surface area contributed by atoms with Crippen molar-refractivity contribution in [2.75, 3.05) is 4.90 Å². The summed E-state index contributed by atoms with van der Waals surface area (Å²) in [6, 6.07) is 45.3. The van der Waals surface area contributed by atoms with E-state index in [2.05, 4.69) is 155 Å². The molecule has 48 heavy (non-hydrogen) atoms. The lowest BCUT2D eigenvalue weighted by molar-refractivity contribution is 0.741. The number of para-hydroxylation sites is 3. The van der Waals surface area contributed by atoms with Crippen molar-refractivity contribution in [3.05, 3.63) is 168 Å². The molecule has 3 aliphatic rings. The minimum atomic E-state index is 0.102. The Kier molecular flexibility index (Phi) is 6.49. The second-order valence-corrected chi connectivity index (χ2v) is 12.6. The summed E-state index contributed by atoms with van der Waals surface area (Å²) in [5, 5.41) is 21.1. The molecule has 6 aromatic rings. The molecule has 2 heterocycles. The minimum absolute atomic E-state index is 0.102. The van der Waals surface area contributed by atoms with E-state index >= 15 is 0 Å². The molecule has 0 amide bonds. The van der Waals surface area contributed by atoms with Crippen LogP contribution in [0.1, 0.15) is 34.7 Å². The molecule has 4 nitrogen and oxygen atoms in total. The predicted molar refractivity (Wildman–Crippen MR) is 194 cm³/mol. The minimum Gasteiger partial charge on any atom is -0.333 e. The molecule has 2 unspecified atom stereocenters. The van der Waals surface area contributed by atoms with Crippen LogP contribution in [-0.4, -0.2) is 10.6 Å². The van der Waals surface area contributed by atoms with Gasteiger partial charge < -0.3 is 9.47 Å². The van der Waals surface area contributed by atoms with Gasteiger partial charge in [0.2, 0.25) is 0 Å². The van der Waals surface area contributed by atoms with Crippen molar-refractivity contribution in [3.63, 3.8) is 0 Å². The zero-order valence-corrected chi connectivity index (χ0v) is 26.2. The molecule has 226 valence electrons. The zero-order chi connectivity index (χ0) is 32.2. The number of rotatable bonds is 4. The van der Waals surface area contributed by atoms with Gasteiger partial charge in [-0.15, -0.1) is 0 Å². The Labute approximate surface area is 280 Å². The van der Waals surface area contributed by atoms with Crippen LogP contribution in [0.3, 0.4) is 0 Å². The molecule has 2 aliphatic carbocycles. The average Bonchev–Trinajstić information content (AvgIpc) is 3.67. The molecule has 2 atom stereocenters.